The predicted octanol–water partition coefficient (Wildman–Crippen LogP) is 8.09. The molecular weight excluding hydrogens is 714 g/mol. The second kappa shape index (κ2) is 12.5. The molecule has 0 radical (unpaired) electrons. The van der Waals surface area contributed by atoms with Crippen molar-refractivity contribution in [2.45, 2.75) is 63.7 Å². The Morgan fingerprint density at radius 2 is 1.81 bits per heavy atom. The molecule has 0 amide bonds. The molecule has 258 valence electrons. The highest BCUT2D eigenvalue weighted by Crippen LogP contribution is 2.55. The van der Waals surface area contributed by atoms with E-state index in [-0.39, 0.29) is 53.9 Å². The normalized spacial score (nSPS) is 21.0. The van der Waals surface area contributed by atoms with Gasteiger partial charge in [0.05, 0.1) is 30.2 Å². The van der Waals surface area contributed by atoms with Gasteiger partial charge in [0.2, 0.25) is 11.5 Å². The van der Waals surface area contributed by atoms with Crippen LogP contribution in [0.5, 0.6) is 0 Å². The van der Waals surface area contributed by atoms with Crippen molar-refractivity contribution in [2.24, 2.45) is 0 Å². The molecule has 0 aliphatic carbocycles. The van der Waals surface area contributed by atoms with Crippen LogP contribution in [0, 0.1) is 6.57 Å². The first-order chi connectivity index (χ1) is 22.3. The van der Waals surface area contributed by atoms with Gasteiger partial charge in [0.25, 0.3) is 5.82 Å². The third-order valence-electron chi connectivity index (χ3n) is 8.67. The molecule has 48 heavy (non-hydrogen) atoms. The number of quaternary nitrogens is 1. The van der Waals surface area contributed by atoms with E-state index in [1.807, 2.05) is 0 Å². The minimum Gasteiger partial charge on any atom is -0.743 e. The smallest absolute Gasteiger partial charge is 0.418 e. The van der Waals surface area contributed by atoms with E-state index in [0.29, 0.717) is 28.4 Å². The van der Waals surface area contributed by atoms with Crippen molar-refractivity contribution >= 4 is 67.5 Å². The van der Waals surface area contributed by atoms with Gasteiger partial charge >= 0.3 is 18.5 Å². The number of imidazole rings is 1. The van der Waals surface area contributed by atoms with Crippen LogP contribution in [0.2, 0.25) is 10.0 Å². The maximum atomic E-state index is 14.5. The summed E-state index contributed by atoms with van der Waals surface area (Å²) in [4.78, 5) is 5.10. The summed E-state index contributed by atoms with van der Waals surface area (Å²) in [5, 5.41) is -2.13. The number of hydrogen-bond donors (Lipinski definition) is 0. The first-order valence-electron chi connectivity index (χ1n) is 14.5. The van der Waals surface area contributed by atoms with Crippen LogP contribution in [-0.4, -0.2) is 48.3 Å². The fourth-order valence-electron chi connectivity index (χ4n) is 6.73. The van der Waals surface area contributed by atoms with Crippen LogP contribution < -0.4 is 14.0 Å². The molecule has 3 heterocycles. The van der Waals surface area contributed by atoms with Crippen molar-refractivity contribution < 1.29 is 48.3 Å². The largest absolute Gasteiger partial charge is 0.743 e. The van der Waals surface area contributed by atoms with Crippen molar-refractivity contribution in [2.75, 3.05) is 18.0 Å². The fraction of sp³-hybridized carbons (Fsp3) is 0.400. The molecule has 8 nitrogen and oxygen atoms in total. The molecular formula is C30H27Cl2F7N5O3S+. The molecule has 18 heteroatoms. The summed E-state index contributed by atoms with van der Waals surface area (Å²) in [6.07, 6.45) is -4.83. The van der Waals surface area contributed by atoms with E-state index in [0.717, 1.165) is 6.07 Å². The Hall–Kier alpha value is -3.36. The number of alkyl halides is 7. The van der Waals surface area contributed by atoms with Crippen LogP contribution in [0.4, 0.5) is 47.8 Å². The molecule has 2 unspecified atom stereocenters. The van der Waals surface area contributed by atoms with Crippen molar-refractivity contribution in [1.82, 2.24) is 9.05 Å². The lowest BCUT2D eigenvalue weighted by atomic mass is 10.2. The number of halogens is 9. The molecule has 5 rings (SSSR count). The Morgan fingerprint density at radius 1 is 1.12 bits per heavy atom. The van der Waals surface area contributed by atoms with E-state index in [9.17, 15) is 43.7 Å². The molecule has 1 spiro atoms. The van der Waals surface area contributed by atoms with E-state index >= 15 is 0 Å². The lowest BCUT2D eigenvalue weighted by Gasteiger charge is -2.37. The molecule has 1 saturated heterocycles. The second-order valence-electron chi connectivity index (χ2n) is 11.3. The first-order valence-corrected chi connectivity index (χ1v) is 16.7. The van der Waals surface area contributed by atoms with Gasteiger partial charge in [-0.1, -0.05) is 23.2 Å². The Bertz CT molecular complexity index is 2010. The number of benzene rings is 2. The molecule has 2 aromatic carbocycles. The number of aromatic nitrogens is 2. The number of nitrogens with zero attached hydrogens (tertiary/aromatic N) is 5. The summed E-state index contributed by atoms with van der Waals surface area (Å²) in [5.74, 6) is -4.55. The topological polar surface area (TPSA) is 73.6 Å². The summed E-state index contributed by atoms with van der Waals surface area (Å²) >= 11 is 12.3. The zero-order valence-corrected chi connectivity index (χ0v) is 27.5. The highest BCUT2D eigenvalue weighted by Gasteiger charge is 2.58. The van der Waals surface area contributed by atoms with Crippen molar-refractivity contribution in [3.05, 3.63) is 75.1 Å². The van der Waals surface area contributed by atoms with Crippen molar-refractivity contribution in [1.29, 1.82) is 0 Å². The number of fused-ring (bicyclic) bond motifs is 3. The molecule has 0 bridgehead atoms. The molecule has 0 saturated carbocycles. The molecule has 2 atom stereocenters. The van der Waals surface area contributed by atoms with Crippen LogP contribution in [0.15, 0.2) is 42.2 Å². The number of anilines is 1. The fourth-order valence-corrected chi connectivity index (χ4v) is 8.42. The third kappa shape index (κ3) is 5.83. The summed E-state index contributed by atoms with van der Waals surface area (Å²) in [7, 11) is -4.94. The van der Waals surface area contributed by atoms with Crippen molar-refractivity contribution in [3.63, 3.8) is 0 Å². The van der Waals surface area contributed by atoms with Crippen LogP contribution >= 0.6 is 23.2 Å². The average molecular weight is 742 g/mol. The van der Waals surface area contributed by atoms with Gasteiger partial charge < -0.3 is 4.55 Å². The molecule has 3 aromatic rings. The van der Waals surface area contributed by atoms with E-state index in [4.69, 9.17) is 29.8 Å². The number of hydrogen-bond acceptors (Lipinski definition) is 4. The van der Waals surface area contributed by atoms with Gasteiger partial charge in [0.1, 0.15) is 5.69 Å². The van der Waals surface area contributed by atoms with Gasteiger partial charge in [-0.15, -0.1) is 0 Å². The van der Waals surface area contributed by atoms with Gasteiger partial charge in [-0.25, -0.2) is 35.7 Å². The molecule has 1 aromatic heterocycles. The molecule has 2 aliphatic heterocycles. The van der Waals surface area contributed by atoms with Gasteiger partial charge in [0, 0.05) is 54.8 Å². The zero-order chi connectivity index (χ0) is 35.6. The van der Waals surface area contributed by atoms with Crippen LogP contribution in [0.3, 0.4) is 0 Å². The standard InChI is InChI=1S/C30H27Cl2F7N5O3S/c1-4-41-22-13-18(31)17(30(37,38)39)12-21(22)43(16-29(35,36)28(33)34)25(41)8-6-9-26-42(5-2)23-14-19(32)20(40-3)15-24(23)44(26)11-7-10-27(44)48(45,46)47/h6,8-9,12-15,27-28H,4-5,7,10-11,16H2,1-2H3/q+1. The SMILES string of the molecule is [C-]#[N+]c1cc2c(cc1Cl)N(CC)C(=CC=Cc1n(CC)c3cc(Cl)c(C(F)(F)F)cc3[n+]1CC(F)(F)C(F)F)[N+]21CCCC1S(=O)(=O)[O-]. The number of allylic oxidation sites excluding steroid dienone is 2. The lowest BCUT2D eigenvalue weighted by Crippen LogP contribution is -2.55. The van der Waals surface area contributed by atoms with Crippen molar-refractivity contribution in [3.8, 4) is 0 Å². The molecule has 2 aliphatic rings. The van der Waals surface area contributed by atoms with E-state index in [1.165, 1.54) is 34.9 Å². The Kier molecular flexibility index (Phi) is 9.37. The minimum absolute atomic E-state index is 0.00259. The summed E-state index contributed by atoms with van der Waals surface area (Å²) in [6, 6.07) is 4.37. The lowest BCUT2D eigenvalue weighted by molar-refractivity contribution is -0.694. The Morgan fingerprint density at radius 3 is 2.38 bits per heavy atom. The van der Waals surface area contributed by atoms with Gasteiger partial charge in [0.15, 0.2) is 38.8 Å². The van der Waals surface area contributed by atoms with Gasteiger partial charge in [-0.3, -0.25) is 4.90 Å². The summed E-state index contributed by atoms with van der Waals surface area (Å²) in [5.41, 5.74) is -0.988. The van der Waals surface area contributed by atoms with E-state index in [1.54, 1.807) is 18.7 Å². The first kappa shape index (κ1) is 35.9. The predicted molar refractivity (Wildman–Crippen MR) is 166 cm³/mol. The van der Waals surface area contributed by atoms with Crippen LogP contribution in [0.25, 0.3) is 22.0 Å². The average Bonchev–Trinajstić information content (AvgIpc) is 3.62. The Balaban J connectivity index is 1.77. The second-order valence-corrected chi connectivity index (χ2v) is 13.6. The highest BCUT2D eigenvalue weighted by atomic mass is 35.5. The third-order valence-corrected chi connectivity index (χ3v) is 10.6. The minimum atomic E-state index is -4.98. The van der Waals surface area contributed by atoms with Gasteiger partial charge in [-0.2, -0.15) is 22.0 Å². The van der Waals surface area contributed by atoms with Crippen LogP contribution in [-0.2, 0) is 29.4 Å². The van der Waals surface area contributed by atoms with E-state index in [2.05, 4.69) is 4.85 Å². The molecule has 0 N–H and O–H groups in total. The van der Waals surface area contributed by atoms with E-state index < -0.39 is 61.1 Å². The zero-order valence-electron chi connectivity index (χ0n) is 25.2. The number of aryl methyl sites for hydroxylation is 1. The summed E-state index contributed by atoms with van der Waals surface area (Å²) in [6.45, 7) is 9.54. The van der Waals surface area contributed by atoms with Gasteiger partial charge in [-0.05, 0) is 26.0 Å². The number of rotatable bonds is 8. The summed E-state index contributed by atoms with van der Waals surface area (Å²) < 4.78 is 137. The quantitative estimate of drug-likeness (QED) is 0.0770. The maximum Gasteiger partial charge on any atom is 0.418 e. The highest BCUT2D eigenvalue weighted by molar-refractivity contribution is 7.86. The van der Waals surface area contributed by atoms with Crippen LogP contribution in [0.1, 0.15) is 38.1 Å². The molecule has 1 fully saturated rings. The maximum absolute atomic E-state index is 14.5. The monoisotopic (exact) mass is 740 g/mol. The Labute approximate surface area is 281 Å².